The molecule has 13 aromatic rings. The van der Waals surface area contributed by atoms with Crippen LogP contribution in [0.3, 0.4) is 0 Å². The molecule has 4 aliphatic rings. The van der Waals surface area contributed by atoms with Crippen LogP contribution < -0.4 is 20.4 Å². The second kappa shape index (κ2) is 50.9. The van der Waals surface area contributed by atoms with Gasteiger partial charge in [0, 0.05) is 224 Å². The fraction of sp³-hybridized carbons (Fsp3) is 0.183. The Morgan fingerprint density at radius 3 is 1.48 bits per heavy atom. The van der Waals surface area contributed by atoms with Gasteiger partial charge in [0.15, 0.2) is 17.4 Å². The van der Waals surface area contributed by atoms with Gasteiger partial charge >= 0.3 is 13.1 Å². The van der Waals surface area contributed by atoms with Gasteiger partial charge in [0.25, 0.3) is 0 Å². The molecule has 703 valence electrons. The molecular weight excluding hydrogens is 2000 g/mol. The van der Waals surface area contributed by atoms with Crippen molar-refractivity contribution in [2.45, 2.75) is 54.4 Å². The molecule has 0 saturated carbocycles. The van der Waals surface area contributed by atoms with Crippen LogP contribution in [0.1, 0.15) is 73.7 Å². The van der Waals surface area contributed by atoms with E-state index in [1.165, 1.54) is 83.4 Å². The molecule has 1 amide bonds. The maximum atomic E-state index is 13.8. The third-order valence-corrected chi connectivity index (χ3v) is 18.5. The first-order valence-electron chi connectivity index (χ1n) is 39.6. The number of aromatic nitrogens is 12. The topological polar surface area (TPSA) is 293 Å². The van der Waals surface area contributed by atoms with Crippen LogP contribution in [0.2, 0.25) is 0 Å². The van der Waals surface area contributed by atoms with Crippen LogP contribution in [0.25, 0.3) is 73.8 Å². The Morgan fingerprint density at radius 2 is 1.10 bits per heavy atom. The van der Waals surface area contributed by atoms with Gasteiger partial charge in [0.05, 0.1) is 41.8 Å². The number of nitrogens with one attached hydrogen (secondary N) is 1. The van der Waals surface area contributed by atoms with Gasteiger partial charge < -0.3 is 67.8 Å². The zero-order valence-corrected chi connectivity index (χ0v) is 78.2. The summed E-state index contributed by atoms with van der Waals surface area (Å²) in [7, 11) is 12.5. The molecule has 0 bridgehead atoms. The molecule has 0 saturated heterocycles. The summed E-state index contributed by atoms with van der Waals surface area (Å²) in [6.45, 7) is 14.2. The molecule has 10 heterocycles. The summed E-state index contributed by atoms with van der Waals surface area (Å²) in [5.41, 5.74) is 8.42. The number of ether oxygens (including phenoxy) is 1. The smallest absolute Gasteiger partial charge is 0.491 e. The minimum Gasteiger partial charge on any atom is -0.572 e. The van der Waals surface area contributed by atoms with Crippen molar-refractivity contribution in [2.75, 3.05) is 44.6 Å². The molecule has 0 fully saturated rings. The summed E-state index contributed by atoms with van der Waals surface area (Å²) in [5.74, 6) is -6.85. The predicted molar refractivity (Wildman–Crippen MR) is 484 cm³/mol. The van der Waals surface area contributed by atoms with Gasteiger partial charge in [-0.3, -0.25) is 43.2 Å². The van der Waals surface area contributed by atoms with Crippen LogP contribution in [-0.2, 0) is 62.6 Å². The molecule has 3 N–H and O–H groups in total. The molecule has 4 aliphatic heterocycles. The molecule has 0 unspecified atom stereocenters. The first kappa shape index (κ1) is 107. The van der Waals surface area contributed by atoms with E-state index in [0.717, 1.165) is 83.8 Å². The number of carbonyl (C=O) groups is 3. The van der Waals surface area contributed by atoms with E-state index in [0.29, 0.717) is 87.3 Å². The van der Waals surface area contributed by atoms with Crippen molar-refractivity contribution in [3.8, 4) is 74.1 Å². The van der Waals surface area contributed by atoms with Gasteiger partial charge in [-0.25, -0.2) is 58.9 Å². The Balaban J connectivity index is 0.000000208. The number of anilines is 2. The van der Waals surface area contributed by atoms with Crippen LogP contribution in [0, 0.1) is 120 Å². The number of H-pyrrole nitrogens is 1. The molecule has 0 aliphatic carbocycles. The van der Waals surface area contributed by atoms with E-state index in [1.54, 1.807) is 112 Å². The first-order chi connectivity index (χ1) is 63.1. The summed E-state index contributed by atoms with van der Waals surface area (Å²) in [4.78, 5) is 64.9. The number of aromatic amines is 1. The van der Waals surface area contributed by atoms with Gasteiger partial charge in [0.2, 0.25) is 5.91 Å². The molecule has 1 radical (unpaired) electrons. The van der Waals surface area contributed by atoms with E-state index in [2.05, 4.69) is 89.2 Å². The number of Topliss-reactive ketones (excluding diaryl/α,β-unsaturated/α-hetero) is 1. The number of rotatable bonds is 12. The number of benzene rings is 7. The first-order valence-corrected chi connectivity index (χ1v) is 40.4. The van der Waals surface area contributed by atoms with Crippen molar-refractivity contribution in [1.29, 1.82) is 5.26 Å². The molecule has 0 spiro atoms. The van der Waals surface area contributed by atoms with Crippen LogP contribution in [0.15, 0.2) is 210 Å². The van der Waals surface area contributed by atoms with E-state index in [9.17, 15) is 72.3 Å². The maximum Gasteiger partial charge on any atom is 0.491 e. The zero-order chi connectivity index (χ0) is 97.6. The van der Waals surface area contributed by atoms with Crippen molar-refractivity contribution < 1.29 is 102 Å². The number of esters is 1. The SMILES string of the molecule is BrC1=CN=CC1.CC(=O)N(C)C.CC(=O)c1nc(-c2ccc(F)cc2F)cn1C.CCOC(C)=O.CN1C=CN(c2[c-]c(N3C=CN(C)[CH-]3)cc(C#N)c2)[CH-]1.Cc1cc(-c2nc(-c3[c-]cc(F)cc3F)cn2C)[n-]n1.Cc1cc(-c2nc(-c3ccc(F)cc3F)cn2C)n[nH]1.Cn1cnc(-c2ccc(F)cc2F)c1.Fc1ccc(C2=CCC=N2)c(F)c1.OB(O)c1ccc(F)cc1F.[Ir]. The Bertz CT molecular complexity index is 6280. The van der Waals surface area contributed by atoms with Crippen molar-refractivity contribution in [3.63, 3.8) is 0 Å². The number of hydrogen-bond acceptors (Lipinski definition) is 19. The molecule has 17 rings (SSSR count). The fourth-order valence-electron chi connectivity index (χ4n) is 11.5. The molecule has 41 heteroatoms. The van der Waals surface area contributed by atoms with Crippen molar-refractivity contribution in [3.05, 3.63) is 324 Å². The van der Waals surface area contributed by atoms with Gasteiger partial charge in [-0.1, -0.05) is 57.0 Å². The van der Waals surface area contributed by atoms with Crippen LogP contribution in [-0.4, -0.2) is 150 Å². The number of hydrogen-bond donors (Lipinski definition) is 3. The predicted octanol–water partition coefficient (Wildman–Crippen LogP) is 17.3. The number of amides is 1. The summed E-state index contributed by atoms with van der Waals surface area (Å²) >= 11 is 3.27. The number of imidazole rings is 4. The van der Waals surface area contributed by atoms with Gasteiger partial charge in [-0.2, -0.15) is 23.7 Å². The average molecular weight is 2090 g/mol. The molecule has 7 aromatic carbocycles. The fourth-order valence-corrected chi connectivity index (χ4v) is 11.7. The zero-order valence-electron chi connectivity index (χ0n) is 74.3. The minimum absolute atomic E-state index is 0. The number of carbonyl (C=O) groups excluding carboxylic acids is 3. The van der Waals surface area contributed by atoms with Gasteiger partial charge in [-0.05, 0) is 127 Å². The minimum atomic E-state index is -1.89. The number of allylic oxidation sites excluding steroid dienone is 2. The normalized spacial score (nSPS) is 12.1. The van der Waals surface area contributed by atoms with Crippen LogP contribution in [0.5, 0.6) is 0 Å². The second-order valence-electron chi connectivity index (χ2n) is 28.9. The van der Waals surface area contributed by atoms with E-state index in [1.807, 2.05) is 110 Å². The Kier molecular flexibility index (Phi) is 40.5. The second-order valence-corrected chi connectivity index (χ2v) is 29.9. The average Bonchev–Trinajstić information content (AvgIpc) is 2.63. The molecular formula is C93H87BBrF12IrN20O6-5. The standard InChI is InChI=1S/C15H14N5.C14H12F2N4.C14H10F2N4.C12H10F2N2O.C10H8F2N2.C10H7F2N.C6H5BF2O2.C4H4BrN.C4H9NO.C4H8O2.Ir/c1-17-3-5-19(11-17)14-7-13(10-16)8-15(9-14)20-6-4-18(2)12-20;2*1-8-5-12(19-18-8)14-17-13(7-20(14)2)10-4-3-9(15)6-11(10)16;1-7(17)12-15-11(6-16(12)2)9-4-3-8(13)5-10(9)14;1-14-5-10(13-6-14)8-3-2-7(11)4-9(8)12;11-7-3-4-8(9(12)6-7)10-2-1-5-13-10;8-4-1-2-5(7(10)11)6(9)3-4;5-4-1-2-6-3-4;1-4(6)5(2)3;1-3-6-4(2)5;/h3-8,11-12H,1-2H3;3-7H,1-2H3,(H,18,19);3,5-7H,1-2H3;3-6H,1-2H3;2-6H,1H3;2-6H,1H2;1-3,10-11H;2-3H,1H2;1-3H3;3H2,1-2H3;/q-3;;-2;;;;;;;;. The van der Waals surface area contributed by atoms with E-state index in [-0.39, 0.29) is 65.7 Å². The summed E-state index contributed by atoms with van der Waals surface area (Å²) in [5, 5.41) is 41.0. The summed E-state index contributed by atoms with van der Waals surface area (Å²) in [6.07, 6.45) is 24.7. The van der Waals surface area contributed by atoms with Gasteiger partial charge in [-0.15, -0.1) is 41.7 Å². The van der Waals surface area contributed by atoms with Crippen molar-refractivity contribution >= 4 is 75.7 Å². The van der Waals surface area contributed by atoms with Crippen LogP contribution in [0.4, 0.5) is 64.1 Å². The van der Waals surface area contributed by atoms with E-state index >= 15 is 0 Å². The number of nitrogens with zero attached hydrogens (tertiary/aromatic N) is 19. The number of aliphatic imine (C=N–C) groups is 2. The Morgan fingerprint density at radius 1 is 0.604 bits per heavy atom. The molecule has 6 aromatic heterocycles. The molecule has 26 nitrogen and oxygen atoms in total. The summed E-state index contributed by atoms with van der Waals surface area (Å²) in [6, 6.07) is 33.4. The molecule has 134 heavy (non-hydrogen) atoms. The number of nitriles is 1. The van der Waals surface area contributed by atoms with Crippen molar-refractivity contribution in [1.82, 2.24) is 73.3 Å². The van der Waals surface area contributed by atoms with Crippen molar-refractivity contribution in [2.24, 2.45) is 38.2 Å². The van der Waals surface area contributed by atoms with Crippen LogP contribution >= 0.6 is 15.9 Å². The largest absolute Gasteiger partial charge is 0.572 e. The monoisotopic (exact) mass is 2090 g/mol. The Labute approximate surface area is 786 Å². The number of aryl methyl sites for hydroxylation is 6. The number of halogens is 13. The quantitative estimate of drug-likeness (QED) is 0.0337. The van der Waals surface area contributed by atoms with E-state index in [4.69, 9.17) is 10.0 Å². The van der Waals surface area contributed by atoms with Gasteiger partial charge in [0.1, 0.15) is 69.7 Å². The molecule has 0 atom stereocenters. The maximum absolute atomic E-state index is 13.8. The third-order valence-electron chi connectivity index (χ3n) is 18.0. The van der Waals surface area contributed by atoms with E-state index < -0.39 is 76.9 Å². The summed E-state index contributed by atoms with van der Waals surface area (Å²) < 4.78 is 168. The third kappa shape index (κ3) is 32.0. The number of ketones is 1. The Hall–Kier alpha value is -14.3.